The first-order valence-corrected chi connectivity index (χ1v) is 8.10. The van der Waals surface area contributed by atoms with Crippen molar-refractivity contribution in [1.29, 1.82) is 0 Å². The number of fused-ring (bicyclic) bond motifs is 1. The zero-order valence-electron chi connectivity index (χ0n) is 14.4. The average molecular weight is 339 g/mol. The molecule has 0 spiro atoms. The molecule has 0 saturated heterocycles. The van der Waals surface area contributed by atoms with Gasteiger partial charge in [-0.25, -0.2) is 4.98 Å². The van der Waals surface area contributed by atoms with E-state index in [9.17, 15) is 4.79 Å². The van der Waals surface area contributed by atoms with Gasteiger partial charge >= 0.3 is 0 Å². The van der Waals surface area contributed by atoms with E-state index < -0.39 is 0 Å². The van der Waals surface area contributed by atoms with Crippen LogP contribution in [0.4, 0.5) is 0 Å². The minimum atomic E-state index is -0.0342. The number of benzene rings is 1. The van der Waals surface area contributed by atoms with Gasteiger partial charge in [-0.3, -0.25) is 4.79 Å². The third-order valence-corrected chi connectivity index (χ3v) is 4.00. The number of ether oxygens (including phenoxy) is 2. The molecule has 0 aliphatic carbocycles. The number of aromatic nitrogens is 2. The number of carbonyl (C=O) groups is 1. The first kappa shape index (κ1) is 16.8. The van der Waals surface area contributed by atoms with Crippen molar-refractivity contribution >= 4 is 11.4 Å². The summed E-state index contributed by atoms with van der Waals surface area (Å²) in [5.74, 6) is 2.17. The van der Waals surface area contributed by atoms with Crippen molar-refractivity contribution in [3.63, 3.8) is 0 Å². The summed E-state index contributed by atoms with van der Waals surface area (Å²) in [4.78, 5) is 16.5. The summed E-state index contributed by atoms with van der Waals surface area (Å²) in [7, 11) is 3.17. The van der Waals surface area contributed by atoms with E-state index in [1.54, 1.807) is 20.3 Å². The quantitative estimate of drug-likeness (QED) is 0.717. The van der Waals surface area contributed by atoms with Crippen LogP contribution in [0.3, 0.4) is 0 Å². The van der Waals surface area contributed by atoms with Crippen LogP contribution in [-0.2, 0) is 17.6 Å². The standard InChI is InChI=1S/C19H21N3O3/c1-24-16-7-6-14(11-17(16)25-2)12-19(23)20-9-8-18-21-13-15-5-3-4-10-22(15)18/h3-7,10-11,13H,8-9,12H2,1-2H3,(H,20,23). The summed E-state index contributed by atoms with van der Waals surface area (Å²) in [6.45, 7) is 0.542. The lowest BCUT2D eigenvalue weighted by Crippen LogP contribution is -2.27. The molecule has 0 bridgehead atoms. The van der Waals surface area contributed by atoms with Gasteiger partial charge in [-0.1, -0.05) is 12.1 Å². The van der Waals surface area contributed by atoms with E-state index in [0.717, 1.165) is 16.9 Å². The van der Waals surface area contributed by atoms with E-state index in [4.69, 9.17) is 9.47 Å². The molecule has 6 nitrogen and oxygen atoms in total. The molecule has 130 valence electrons. The summed E-state index contributed by atoms with van der Waals surface area (Å²) in [6.07, 6.45) is 4.78. The van der Waals surface area contributed by atoms with Gasteiger partial charge in [0.05, 0.1) is 32.4 Å². The van der Waals surface area contributed by atoms with Crippen LogP contribution >= 0.6 is 0 Å². The Bertz CT molecular complexity index is 873. The van der Waals surface area contributed by atoms with Crippen molar-refractivity contribution in [3.05, 3.63) is 60.2 Å². The summed E-state index contributed by atoms with van der Waals surface area (Å²) in [6, 6.07) is 11.4. The molecule has 25 heavy (non-hydrogen) atoms. The lowest BCUT2D eigenvalue weighted by atomic mass is 10.1. The molecule has 0 aliphatic heterocycles. The molecular formula is C19H21N3O3. The Labute approximate surface area is 146 Å². The van der Waals surface area contributed by atoms with Crippen LogP contribution in [0.25, 0.3) is 5.52 Å². The zero-order chi connectivity index (χ0) is 17.6. The van der Waals surface area contributed by atoms with Gasteiger partial charge in [0.25, 0.3) is 0 Å². The molecular weight excluding hydrogens is 318 g/mol. The Kier molecular flexibility index (Phi) is 5.18. The fourth-order valence-corrected chi connectivity index (χ4v) is 2.74. The van der Waals surface area contributed by atoms with Crippen LogP contribution < -0.4 is 14.8 Å². The van der Waals surface area contributed by atoms with Crippen LogP contribution in [0.15, 0.2) is 48.8 Å². The summed E-state index contributed by atoms with van der Waals surface area (Å²) < 4.78 is 12.5. The fraction of sp³-hybridized carbons (Fsp3) is 0.263. The second-order valence-corrected chi connectivity index (χ2v) is 5.64. The second kappa shape index (κ2) is 7.70. The van der Waals surface area contributed by atoms with Gasteiger partial charge in [-0.2, -0.15) is 0 Å². The summed E-state index contributed by atoms with van der Waals surface area (Å²) in [5.41, 5.74) is 1.93. The number of rotatable bonds is 7. The van der Waals surface area contributed by atoms with Crippen molar-refractivity contribution in [2.75, 3.05) is 20.8 Å². The number of nitrogens with zero attached hydrogens (tertiary/aromatic N) is 2. The molecule has 1 N–H and O–H groups in total. The lowest BCUT2D eigenvalue weighted by molar-refractivity contribution is -0.120. The Morgan fingerprint density at radius 2 is 2.00 bits per heavy atom. The van der Waals surface area contributed by atoms with Gasteiger partial charge in [-0.05, 0) is 29.8 Å². The van der Waals surface area contributed by atoms with Crippen LogP contribution in [0.1, 0.15) is 11.4 Å². The highest BCUT2D eigenvalue weighted by Gasteiger charge is 2.09. The van der Waals surface area contributed by atoms with Gasteiger partial charge in [0.1, 0.15) is 5.82 Å². The smallest absolute Gasteiger partial charge is 0.224 e. The number of methoxy groups -OCH3 is 2. The maximum Gasteiger partial charge on any atom is 0.224 e. The van der Waals surface area contributed by atoms with E-state index in [-0.39, 0.29) is 5.91 Å². The predicted octanol–water partition coefficient (Wildman–Crippen LogP) is 2.25. The SMILES string of the molecule is COc1ccc(CC(=O)NCCc2ncc3ccccn23)cc1OC. The Morgan fingerprint density at radius 1 is 1.16 bits per heavy atom. The molecule has 3 aromatic rings. The molecule has 3 rings (SSSR count). The highest BCUT2D eigenvalue weighted by molar-refractivity contribution is 5.78. The second-order valence-electron chi connectivity index (χ2n) is 5.64. The van der Waals surface area contributed by atoms with E-state index in [2.05, 4.69) is 10.3 Å². The molecule has 2 heterocycles. The van der Waals surface area contributed by atoms with E-state index in [0.29, 0.717) is 30.9 Å². The number of hydrogen-bond acceptors (Lipinski definition) is 4. The lowest BCUT2D eigenvalue weighted by Gasteiger charge is -2.10. The molecule has 2 aromatic heterocycles. The number of hydrogen-bond donors (Lipinski definition) is 1. The number of amides is 1. The minimum Gasteiger partial charge on any atom is -0.493 e. The average Bonchev–Trinajstić information content (AvgIpc) is 3.05. The van der Waals surface area contributed by atoms with Gasteiger partial charge in [0.15, 0.2) is 11.5 Å². The molecule has 0 atom stereocenters. The normalized spacial score (nSPS) is 10.6. The molecule has 0 fully saturated rings. The van der Waals surface area contributed by atoms with Crippen LogP contribution in [-0.4, -0.2) is 36.1 Å². The maximum atomic E-state index is 12.1. The maximum absolute atomic E-state index is 12.1. The number of nitrogens with one attached hydrogen (secondary N) is 1. The van der Waals surface area contributed by atoms with Crippen molar-refractivity contribution in [3.8, 4) is 11.5 Å². The predicted molar refractivity (Wildman–Crippen MR) is 95.2 cm³/mol. The van der Waals surface area contributed by atoms with Crippen molar-refractivity contribution in [2.24, 2.45) is 0 Å². The zero-order valence-corrected chi connectivity index (χ0v) is 14.4. The molecule has 0 aliphatic rings. The van der Waals surface area contributed by atoms with E-state index in [1.165, 1.54) is 0 Å². The van der Waals surface area contributed by atoms with Crippen LogP contribution in [0, 0.1) is 0 Å². The van der Waals surface area contributed by atoms with Gasteiger partial charge < -0.3 is 19.2 Å². The van der Waals surface area contributed by atoms with Crippen molar-refractivity contribution in [1.82, 2.24) is 14.7 Å². The number of carbonyl (C=O) groups excluding carboxylic acids is 1. The number of imidazole rings is 1. The number of pyridine rings is 1. The molecule has 0 radical (unpaired) electrons. The molecule has 1 amide bonds. The van der Waals surface area contributed by atoms with Crippen LogP contribution in [0.2, 0.25) is 0 Å². The van der Waals surface area contributed by atoms with Crippen molar-refractivity contribution in [2.45, 2.75) is 12.8 Å². The Hall–Kier alpha value is -3.02. The first-order valence-electron chi connectivity index (χ1n) is 8.10. The third-order valence-electron chi connectivity index (χ3n) is 4.00. The summed E-state index contributed by atoms with van der Waals surface area (Å²) in [5, 5.41) is 2.94. The van der Waals surface area contributed by atoms with Gasteiger partial charge in [0, 0.05) is 19.2 Å². The fourth-order valence-electron chi connectivity index (χ4n) is 2.74. The molecule has 6 heteroatoms. The molecule has 0 unspecified atom stereocenters. The highest BCUT2D eigenvalue weighted by atomic mass is 16.5. The van der Waals surface area contributed by atoms with Crippen LogP contribution in [0.5, 0.6) is 11.5 Å². The van der Waals surface area contributed by atoms with Crippen molar-refractivity contribution < 1.29 is 14.3 Å². The Balaban J connectivity index is 1.54. The Morgan fingerprint density at radius 3 is 2.80 bits per heavy atom. The van der Waals surface area contributed by atoms with Gasteiger partial charge in [-0.15, -0.1) is 0 Å². The van der Waals surface area contributed by atoms with E-state index >= 15 is 0 Å². The monoisotopic (exact) mass is 339 g/mol. The third kappa shape index (κ3) is 3.91. The minimum absolute atomic E-state index is 0.0342. The van der Waals surface area contributed by atoms with Gasteiger partial charge in [0.2, 0.25) is 5.91 Å². The highest BCUT2D eigenvalue weighted by Crippen LogP contribution is 2.27. The van der Waals surface area contributed by atoms with E-state index in [1.807, 2.05) is 47.1 Å². The molecule has 0 saturated carbocycles. The largest absolute Gasteiger partial charge is 0.493 e. The molecule has 1 aromatic carbocycles. The topological polar surface area (TPSA) is 64.9 Å². The first-order chi connectivity index (χ1) is 12.2. The summed E-state index contributed by atoms with van der Waals surface area (Å²) >= 11 is 0.